The summed E-state index contributed by atoms with van der Waals surface area (Å²) in [6.07, 6.45) is 4.82. The van der Waals surface area contributed by atoms with Crippen LogP contribution < -0.4 is 5.32 Å². The maximum atomic E-state index is 10.8. The van der Waals surface area contributed by atoms with Gasteiger partial charge in [0.1, 0.15) is 0 Å². The van der Waals surface area contributed by atoms with Crippen molar-refractivity contribution in [2.24, 2.45) is 17.3 Å². The SMILES string of the molecule is CC(CNC1CCC(C(C)(C)C)CC1)CS(=O)(=O)O. The first-order valence-corrected chi connectivity index (χ1v) is 8.87. The Kier molecular flexibility index (Phi) is 5.83. The second kappa shape index (κ2) is 6.55. The number of hydrogen-bond acceptors (Lipinski definition) is 3. The Morgan fingerprint density at radius 3 is 2.16 bits per heavy atom. The molecule has 0 amide bonds. The molecule has 19 heavy (non-hydrogen) atoms. The van der Waals surface area contributed by atoms with E-state index in [1.165, 1.54) is 25.7 Å². The molecule has 0 spiro atoms. The molecule has 0 aromatic rings. The smallest absolute Gasteiger partial charge is 0.265 e. The zero-order valence-corrected chi connectivity index (χ0v) is 13.5. The zero-order valence-electron chi connectivity index (χ0n) is 12.6. The van der Waals surface area contributed by atoms with Gasteiger partial charge in [-0.15, -0.1) is 0 Å². The van der Waals surface area contributed by atoms with Gasteiger partial charge in [-0.3, -0.25) is 4.55 Å². The number of hydrogen-bond donors (Lipinski definition) is 2. The molecule has 4 nitrogen and oxygen atoms in total. The van der Waals surface area contributed by atoms with Crippen LogP contribution in [0.4, 0.5) is 0 Å². The Hall–Kier alpha value is -0.130. The van der Waals surface area contributed by atoms with Crippen LogP contribution in [0.2, 0.25) is 0 Å². The van der Waals surface area contributed by atoms with Crippen molar-refractivity contribution >= 4 is 10.1 Å². The predicted molar refractivity (Wildman–Crippen MR) is 78.8 cm³/mol. The van der Waals surface area contributed by atoms with E-state index in [1.54, 1.807) is 0 Å². The van der Waals surface area contributed by atoms with Crippen LogP contribution in [0.25, 0.3) is 0 Å². The molecule has 1 aliphatic rings. The van der Waals surface area contributed by atoms with E-state index >= 15 is 0 Å². The van der Waals surface area contributed by atoms with Gasteiger partial charge in [-0.05, 0) is 49.5 Å². The lowest BCUT2D eigenvalue weighted by Crippen LogP contribution is -2.39. The maximum Gasteiger partial charge on any atom is 0.265 e. The highest BCUT2D eigenvalue weighted by atomic mass is 32.2. The fraction of sp³-hybridized carbons (Fsp3) is 1.00. The fourth-order valence-corrected chi connectivity index (χ4v) is 3.79. The van der Waals surface area contributed by atoms with E-state index in [4.69, 9.17) is 4.55 Å². The van der Waals surface area contributed by atoms with E-state index in [1.807, 2.05) is 6.92 Å². The maximum absolute atomic E-state index is 10.8. The summed E-state index contributed by atoms with van der Waals surface area (Å²) < 4.78 is 30.3. The van der Waals surface area contributed by atoms with Crippen molar-refractivity contribution in [3.8, 4) is 0 Å². The first-order chi connectivity index (χ1) is 8.58. The number of nitrogens with one attached hydrogen (secondary N) is 1. The minimum atomic E-state index is -3.84. The van der Waals surface area contributed by atoms with Gasteiger partial charge < -0.3 is 5.32 Å². The summed E-state index contributed by atoms with van der Waals surface area (Å²) in [6.45, 7) is 9.42. The first kappa shape index (κ1) is 16.9. The van der Waals surface area contributed by atoms with Crippen LogP contribution in [0, 0.1) is 17.3 Å². The van der Waals surface area contributed by atoms with Crippen molar-refractivity contribution in [2.75, 3.05) is 12.3 Å². The summed E-state index contributed by atoms with van der Waals surface area (Å²) in [4.78, 5) is 0. The lowest BCUT2D eigenvalue weighted by Gasteiger charge is -2.37. The van der Waals surface area contributed by atoms with E-state index in [9.17, 15) is 8.42 Å². The molecule has 0 bridgehead atoms. The Bertz CT molecular complexity index is 365. The van der Waals surface area contributed by atoms with Crippen molar-refractivity contribution in [1.82, 2.24) is 5.32 Å². The van der Waals surface area contributed by atoms with Gasteiger partial charge in [0.15, 0.2) is 0 Å². The van der Waals surface area contributed by atoms with Crippen molar-refractivity contribution in [2.45, 2.75) is 59.4 Å². The van der Waals surface area contributed by atoms with E-state index in [0.29, 0.717) is 18.0 Å². The summed E-state index contributed by atoms with van der Waals surface area (Å²) in [5, 5.41) is 3.44. The highest BCUT2D eigenvalue weighted by molar-refractivity contribution is 7.85. The standard InChI is InChI=1S/C14H29NO3S/c1-11(10-19(16,17)18)9-15-13-7-5-12(6-8-13)14(2,3)4/h11-13,15H,5-10H2,1-4H3,(H,16,17,18). The molecule has 0 aromatic heterocycles. The molecule has 0 radical (unpaired) electrons. The molecule has 1 saturated carbocycles. The van der Waals surface area contributed by atoms with Gasteiger partial charge >= 0.3 is 0 Å². The normalized spacial score (nSPS) is 27.2. The van der Waals surface area contributed by atoms with Gasteiger partial charge in [0.25, 0.3) is 10.1 Å². The Balaban J connectivity index is 2.27. The molecule has 1 rings (SSSR count). The highest BCUT2D eigenvalue weighted by Crippen LogP contribution is 2.37. The summed E-state index contributed by atoms with van der Waals surface area (Å²) in [6, 6.07) is 0.502. The Labute approximate surface area is 118 Å². The topological polar surface area (TPSA) is 66.4 Å². The minimum absolute atomic E-state index is 0.0460. The largest absolute Gasteiger partial charge is 0.314 e. The molecule has 5 heteroatoms. The van der Waals surface area contributed by atoms with Crippen molar-refractivity contribution in [1.29, 1.82) is 0 Å². The van der Waals surface area contributed by atoms with E-state index in [2.05, 4.69) is 26.1 Å². The van der Waals surface area contributed by atoms with Crippen molar-refractivity contribution < 1.29 is 13.0 Å². The second-order valence-electron chi connectivity index (χ2n) is 7.18. The lowest BCUT2D eigenvalue weighted by molar-refractivity contribution is 0.159. The van der Waals surface area contributed by atoms with Crippen LogP contribution in [0.15, 0.2) is 0 Å². The van der Waals surface area contributed by atoms with Crippen LogP contribution in [0.5, 0.6) is 0 Å². The fourth-order valence-electron chi connectivity index (χ4n) is 2.95. The van der Waals surface area contributed by atoms with Gasteiger partial charge in [0.2, 0.25) is 0 Å². The third-order valence-electron chi connectivity index (χ3n) is 4.20. The predicted octanol–water partition coefficient (Wildman–Crippen LogP) is 2.70. The third kappa shape index (κ3) is 6.72. The Morgan fingerprint density at radius 2 is 1.74 bits per heavy atom. The molecular weight excluding hydrogens is 262 g/mol. The summed E-state index contributed by atoms with van der Waals surface area (Å²) in [5.74, 6) is 0.591. The van der Waals surface area contributed by atoms with Crippen molar-refractivity contribution in [3.63, 3.8) is 0 Å². The quantitative estimate of drug-likeness (QED) is 0.764. The van der Waals surface area contributed by atoms with Crippen LogP contribution in [-0.4, -0.2) is 31.3 Å². The molecular formula is C14H29NO3S. The zero-order chi connectivity index (χ0) is 14.7. The average molecular weight is 291 g/mol. The molecule has 0 saturated heterocycles. The molecule has 0 aromatic carbocycles. The van der Waals surface area contributed by atoms with Gasteiger partial charge in [-0.25, -0.2) is 0 Å². The second-order valence-corrected chi connectivity index (χ2v) is 8.67. The molecule has 1 aliphatic carbocycles. The van der Waals surface area contributed by atoms with Crippen LogP contribution in [0.1, 0.15) is 53.4 Å². The van der Waals surface area contributed by atoms with Crippen molar-refractivity contribution in [3.05, 3.63) is 0 Å². The van der Waals surface area contributed by atoms with Gasteiger partial charge in [0, 0.05) is 6.04 Å². The summed E-state index contributed by atoms with van der Waals surface area (Å²) in [7, 11) is -3.84. The summed E-state index contributed by atoms with van der Waals surface area (Å²) >= 11 is 0. The molecule has 0 aliphatic heterocycles. The third-order valence-corrected chi connectivity index (χ3v) is 5.19. The molecule has 0 heterocycles. The molecule has 1 atom stereocenters. The molecule has 1 fully saturated rings. The molecule has 1 unspecified atom stereocenters. The van der Waals surface area contributed by atoms with E-state index in [0.717, 1.165) is 5.92 Å². The molecule has 2 N–H and O–H groups in total. The number of rotatable bonds is 5. The van der Waals surface area contributed by atoms with Gasteiger partial charge in [-0.2, -0.15) is 8.42 Å². The van der Waals surface area contributed by atoms with Gasteiger partial charge in [0.05, 0.1) is 5.75 Å². The Morgan fingerprint density at radius 1 is 1.21 bits per heavy atom. The lowest BCUT2D eigenvalue weighted by atomic mass is 9.71. The average Bonchev–Trinajstić information content (AvgIpc) is 2.23. The monoisotopic (exact) mass is 291 g/mol. The van der Waals surface area contributed by atoms with E-state index in [-0.39, 0.29) is 11.7 Å². The van der Waals surface area contributed by atoms with Crippen LogP contribution >= 0.6 is 0 Å². The summed E-state index contributed by atoms with van der Waals surface area (Å²) in [5.41, 5.74) is 0.392. The van der Waals surface area contributed by atoms with E-state index < -0.39 is 10.1 Å². The van der Waals surface area contributed by atoms with Crippen LogP contribution in [-0.2, 0) is 10.1 Å². The first-order valence-electron chi connectivity index (χ1n) is 7.26. The highest BCUT2D eigenvalue weighted by Gasteiger charge is 2.29. The van der Waals surface area contributed by atoms with Crippen LogP contribution in [0.3, 0.4) is 0 Å². The van der Waals surface area contributed by atoms with Gasteiger partial charge in [-0.1, -0.05) is 27.7 Å². The minimum Gasteiger partial charge on any atom is -0.314 e. The molecule has 114 valence electrons.